The molecule has 118 valence electrons. The Morgan fingerprint density at radius 3 is 2.48 bits per heavy atom. The fraction of sp³-hybridized carbons (Fsp3) is 0.625. The van der Waals surface area contributed by atoms with E-state index in [2.05, 4.69) is 21.2 Å². The van der Waals surface area contributed by atoms with Gasteiger partial charge in [0, 0.05) is 10.5 Å². The SMILES string of the molecule is CCNC1CCCCCCC1S(=O)(=O)c1ccccc1Br. The molecule has 1 aromatic rings. The molecule has 1 aliphatic rings. The predicted octanol–water partition coefficient (Wildman–Crippen LogP) is 3.92. The van der Waals surface area contributed by atoms with Crippen molar-refractivity contribution >= 4 is 25.8 Å². The zero-order valence-corrected chi connectivity index (χ0v) is 14.9. The second-order valence-electron chi connectivity index (χ2n) is 5.67. The lowest BCUT2D eigenvalue weighted by Gasteiger charge is -2.30. The second kappa shape index (κ2) is 7.75. The molecule has 0 aromatic heterocycles. The molecule has 0 bridgehead atoms. The molecule has 0 saturated heterocycles. The fourth-order valence-corrected chi connectivity index (χ4v) is 6.19. The minimum Gasteiger partial charge on any atom is -0.313 e. The molecule has 0 radical (unpaired) electrons. The van der Waals surface area contributed by atoms with E-state index in [1.54, 1.807) is 18.2 Å². The van der Waals surface area contributed by atoms with Crippen molar-refractivity contribution in [2.75, 3.05) is 6.54 Å². The average Bonchev–Trinajstić information content (AvgIpc) is 2.42. The third-order valence-corrected chi connectivity index (χ3v) is 7.49. The van der Waals surface area contributed by atoms with Crippen LogP contribution in [0.2, 0.25) is 0 Å². The van der Waals surface area contributed by atoms with Gasteiger partial charge in [0.1, 0.15) is 0 Å². The standard InChI is InChI=1S/C16H24BrNO2S/c1-2-18-14-10-5-3-4-6-12-16(14)21(19,20)15-11-8-7-9-13(15)17/h7-9,11,14,16,18H,2-6,10,12H2,1H3. The molecule has 3 nitrogen and oxygen atoms in total. The summed E-state index contributed by atoms with van der Waals surface area (Å²) >= 11 is 3.39. The topological polar surface area (TPSA) is 46.2 Å². The summed E-state index contributed by atoms with van der Waals surface area (Å²) in [5.74, 6) is 0. The second-order valence-corrected chi connectivity index (χ2v) is 8.66. The molecule has 1 aromatic carbocycles. The first-order chi connectivity index (χ1) is 10.1. The highest BCUT2D eigenvalue weighted by atomic mass is 79.9. The molecule has 1 fully saturated rings. The Morgan fingerprint density at radius 2 is 1.81 bits per heavy atom. The molecule has 2 unspecified atom stereocenters. The van der Waals surface area contributed by atoms with Gasteiger partial charge in [-0.15, -0.1) is 0 Å². The summed E-state index contributed by atoms with van der Waals surface area (Å²) in [6.45, 7) is 2.85. The Morgan fingerprint density at radius 1 is 1.14 bits per heavy atom. The highest BCUT2D eigenvalue weighted by molar-refractivity contribution is 9.10. The van der Waals surface area contributed by atoms with Crippen LogP contribution in [0.4, 0.5) is 0 Å². The van der Waals surface area contributed by atoms with Crippen LogP contribution in [0.5, 0.6) is 0 Å². The number of hydrogen-bond donors (Lipinski definition) is 1. The number of sulfone groups is 1. The summed E-state index contributed by atoms with van der Waals surface area (Å²) in [5, 5.41) is 3.08. The van der Waals surface area contributed by atoms with Crippen molar-refractivity contribution in [3.63, 3.8) is 0 Å². The number of benzene rings is 1. The van der Waals surface area contributed by atoms with Crippen molar-refractivity contribution < 1.29 is 8.42 Å². The van der Waals surface area contributed by atoms with Crippen molar-refractivity contribution in [3.05, 3.63) is 28.7 Å². The van der Waals surface area contributed by atoms with E-state index >= 15 is 0 Å². The molecule has 5 heteroatoms. The molecule has 1 N–H and O–H groups in total. The number of rotatable bonds is 4. The van der Waals surface area contributed by atoms with Gasteiger partial charge >= 0.3 is 0 Å². The number of halogens is 1. The van der Waals surface area contributed by atoms with E-state index in [1.165, 1.54) is 6.42 Å². The largest absolute Gasteiger partial charge is 0.313 e. The Hall–Kier alpha value is -0.390. The maximum atomic E-state index is 13.1. The summed E-state index contributed by atoms with van der Waals surface area (Å²) in [6, 6.07) is 7.22. The van der Waals surface area contributed by atoms with E-state index in [0.29, 0.717) is 9.37 Å². The maximum absolute atomic E-state index is 13.1. The summed E-state index contributed by atoms with van der Waals surface area (Å²) in [4.78, 5) is 0.429. The molecule has 21 heavy (non-hydrogen) atoms. The van der Waals surface area contributed by atoms with Crippen LogP contribution in [0.25, 0.3) is 0 Å². The van der Waals surface area contributed by atoms with Crippen molar-refractivity contribution in [2.45, 2.75) is 61.6 Å². The van der Waals surface area contributed by atoms with Gasteiger partial charge in [-0.05, 0) is 47.4 Å². The quantitative estimate of drug-likeness (QED) is 0.869. The van der Waals surface area contributed by atoms with Crippen LogP contribution in [-0.2, 0) is 9.84 Å². The van der Waals surface area contributed by atoms with Gasteiger partial charge in [-0.25, -0.2) is 8.42 Å². The molecule has 1 aliphatic carbocycles. The van der Waals surface area contributed by atoms with Gasteiger partial charge in [-0.3, -0.25) is 0 Å². The van der Waals surface area contributed by atoms with Crippen LogP contribution in [0.15, 0.2) is 33.6 Å². The van der Waals surface area contributed by atoms with E-state index in [-0.39, 0.29) is 11.3 Å². The smallest absolute Gasteiger partial charge is 0.183 e. The van der Waals surface area contributed by atoms with E-state index in [9.17, 15) is 8.42 Å². The van der Waals surface area contributed by atoms with Crippen LogP contribution >= 0.6 is 15.9 Å². The van der Waals surface area contributed by atoms with Crippen molar-refractivity contribution in [1.82, 2.24) is 5.32 Å². The highest BCUT2D eigenvalue weighted by Crippen LogP contribution is 2.31. The predicted molar refractivity (Wildman–Crippen MR) is 90.3 cm³/mol. The Kier molecular flexibility index (Phi) is 6.26. The van der Waals surface area contributed by atoms with Gasteiger partial charge in [0.15, 0.2) is 9.84 Å². The molecule has 0 heterocycles. The molecule has 0 aliphatic heterocycles. The average molecular weight is 374 g/mol. The zero-order chi connectivity index (χ0) is 15.3. The lowest BCUT2D eigenvalue weighted by atomic mass is 9.96. The van der Waals surface area contributed by atoms with E-state index in [1.807, 2.05) is 13.0 Å². The Bertz CT molecular complexity index is 559. The van der Waals surface area contributed by atoms with E-state index in [4.69, 9.17) is 0 Å². The first kappa shape index (κ1) is 17.0. The monoisotopic (exact) mass is 373 g/mol. The normalized spacial score (nSPS) is 24.3. The molecule has 2 rings (SSSR count). The van der Waals surface area contributed by atoms with Gasteiger partial charge < -0.3 is 5.32 Å². The molecule has 0 spiro atoms. The van der Waals surface area contributed by atoms with Crippen LogP contribution in [0.3, 0.4) is 0 Å². The van der Waals surface area contributed by atoms with Crippen molar-refractivity contribution in [3.8, 4) is 0 Å². The van der Waals surface area contributed by atoms with Gasteiger partial charge in [-0.2, -0.15) is 0 Å². The molecular formula is C16H24BrNO2S. The summed E-state index contributed by atoms with van der Waals surface area (Å²) in [6.07, 6.45) is 6.16. The van der Waals surface area contributed by atoms with Crippen LogP contribution in [-0.4, -0.2) is 26.3 Å². The third-order valence-electron chi connectivity index (χ3n) is 4.21. The van der Waals surface area contributed by atoms with Crippen LogP contribution in [0, 0.1) is 0 Å². The third kappa shape index (κ3) is 4.08. The van der Waals surface area contributed by atoms with Gasteiger partial charge in [0.2, 0.25) is 0 Å². The maximum Gasteiger partial charge on any atom is 0.183 e. The molecular weight excluding hydrogens is 350 g/mol. The summed E-state index contributed by atoms with van der Waals surface area (Å²) < 4.78 is 26.8. The molecule has 1 saturated carbocycles. The molecule has 0 amide bonds. The van der Waals surface area contributed by atoms with Gasteiger partial charge in [0.05, 0.1) is 10.1 Å². The van der Waals surface area contributed by atoms with Gasteiger partial charge in [0.25, 0.3) is 0 Å². The van der Waals surface area contributed by atoms with Gasteiger partial charge in [-0.1, -0.05) is 44.7 Å². The van der Waals surface area contributed by atoms with Crippen molar-refractivity contribution in [2.24, 2.45) is 0 Å². The van der Waals surface area contributed by atoms with E-state index in [0.717, 1.165) is 38.6 Å². The van der Waals surface area contributed by atoms with E-state index < -0.39 is 9.84 Å². The Labute approximate surface area is 136 Å². The van der Waals surface area contributed by atoms with Crippen LogP contribution in [0.1, 0.15) is 45.4 Å². The summed E-state index contributed by atoms with van der Waals surface area (Å²) in [5.41, 5.74) is 0. The summed E-state index contributed by atoms with van der Waals surface area (Å²) in [7, 11) is -3.31. The number of hydrogen-bond acceptors (Lipinski definition) is 3. The highest BCUT2D eigenvalue weighted by Gasteiger charge is 2.35. The lowest BCUT2D eigenvalue weighted by Crippen LogP contribution is -2.44. The fourth-order valence-electron chi connectivity index (χ4n) is 3.16. The van der Waals surface area contributed by atoms with Crippen molar-refractivity contribution in [1.29, 1.82) is 0 Å². The molecule has 2 atom stereocenters. The first-order valence-electron chi connectivity index (χ1n) is 7.79. The first-order valence-corrected chi connectivity index (χ1v) is 10.1. The lowest BCUT2D eigenvalue weighted by molar-refractivity contribution is 0.392. The van der Waals surface area contributed by atoms with Crippen LogP contribution < -0.4 is 5.32 Å². The Balaban J connectivity index is 2.35. The zero-order valence-electron chi connectivity index (χ0n) is 12.5. The minimum absolute atomic E-state index is 0.0624. The minimum atomic E-state index is -3.31. The number of nitrogens with one attached hydrogen (secondary N) is 1.